The van der Waals surface area contributed by atoms with Crippen LogP contribution in [-0.2, 0) is 4.57 Å². The van der Waals surface area contributed by atoms with Crippen molar-refractivity contribution in [2.75, 3.05) is 11.4 Å². The summed E-state index contributed by atoms with van der Waals surface area (Å²) in [5, 5.41) is 5.12. The zero-order valence-electron chi connectivity index (χ0n) is 17.2. The van der Waals surface area contributed by atoms with E-state index in [2.05, 4.69) is 48.2 Å². The molecule has 1 heterocycles. The van der Waals surface area contributed by atoms with Crippen LogP contribution in [0.25, 0.3) is 10.8 Å². The van der Waals surface area contributed by atoms with E-state index in [9.17, 15) is 0 Å². The van der Waals surface area contributed by atoms with Gasteiger partial charge in [0.2, 0.25) is 0 Å². The van der Waals surface area contributed by atoms with Crippen LogP contribution in [0.15, 0.2) is 97.1 Å². The highest BCUT2D eigenvalue weighted by Gasteiger charge is 2.35. The van der Waals surface area contributed by atoms with Gasteiger partial charge in [-0.3, -0.25) is 0 Å². The number of anilines is 1. The SMILES string of the molecule is CC1CCCN1c1c(P(=O)(c2ccccc2)c2ccccc2)ccc2ccccc12. The normalized spacial score (nSPS) is 16.8. The smallest absolute Gasteiger partial charge is 0.173 e. The molecule has 4 aromatic carbocycles. The van der Waals surface area contributed by atoms with E-state index < -0.39 is 7.14 Å². The van der Waals surface area contributed by atoms with Crippen molar-refractivity contribution >= 4 is 39.5 Å². The van der Waals surface area contributed by atoms with Crippen LogP contribution in [0.4, 0.5) is 5.69 Å². The third-order valence-electron chi connectivity index (χ3n) is 6.30. The molecule has 1 fully saturated rings. The molecule has 1 saturated heterocycles. The van der Waals surface area contributed by atoms with Crippen LogP contribution in [-0.4, -0.2) is 12.6 Å². The molecule has 4 aromatic rings. The standard InChI is InChI=1S/C27H26NOP/c1-21-11-10-20-28(21)27-25-17-9-8-12-22(25)18-19-26(27)30(29,23-13-4-2-5-14-23)24-15-6-3-7-16-24/h2-9,12-19,21H,10-11,20H2,1H3. The molecule has 0 spiro atoms. The summed E-state index contributed by atoms with van der Waals surface area (Å²) in [5.41, 5.74) is 1.15. The van der Waals surface area contributed by atoms with Crippen LogP contribution < -0.4 is 20.8 Å². The van der Waals surface area contributed by atoms with Gasteiger partial charge < -0.3 is 9.46 Å². The summed E-state index contributed by atoms with van der Waals surface area (Å²) < 4.78 is 15.1. The Morgan fingerprint density at radius 2 is 1.37 bits per heavy atom. The molecule has 0 aromatic heterocycles. The molecule has 0 bridgehead atoms. The summed E-state index contributed by atoms with van der Waals surface area (Å²) in [4.78, 5) is 2.48. The molecule has 0 saturated carbocycles. The largest absolute Gasteiger partial charge is 0.368 e. The molecule has 1 atom stereocenters. The van der Waals surface area contributed by atoms with E-state index in [1.54, 1.807) is 0 Å². The van der Waals surface area contributed by atoms with Gasteiger partial charge >= 0.3 is 0 Å². The molecule has 2 nitrogen and oxygen atoms in total. The fourth-order valence-electron chi connectivity index (χ4n) is 4.77. The second-order valence-corrected chi connectivity index (χ2v) is 10.9. The van der Waals surface area contributed by atoms with E-state index in [0.29, 0.717) is 6.04 Å². The lowest BCUT2D eigenvalue weighted by Gasteiger charge is -2.31. The van der Waals surface area contributed by atoms with Crippen molar-refractivity contribution in [3.8, 4) is 0 Å². The highest BCUT2D eigenvalue weighted by Crippen LogP contribution is 2.47. The molecule has 0 amide bonds. The molecule has 30 heavy (non-hydrogen) atoms. The van der Waals surface area contributed by atoms with E-state index >= 15 is 4.57 Å². The second kappa shape index (κ2) is 7.78. The molecule has 0 radical (unpaired) electrons. The summed E-state index contributed by atoms with van der Waals surface area (Å²) in [5.74, 6) is 0. The lowest BCUT2D eigenvalue weighted by atomic mass is 10.1. The average Bonchev–Trinajstić information content (AvgIpc) is 3.24. The van der Waals surface area contributed by atoms with Crippen molar-refractivity contribution in [3.63, 3.8) is 0 Å². The van der Waals surface area contributed by atoms with Gasteiger partial charge in [0.25, 0.3) is 0 Å². The molecule has 1 aliphatic rings. The number of benzene rings is 4. The third kappa shape index (κ3) is 3.07. The van der Waals surface area contributed by atoms with Crippen LogP contribution in [0.2, 0.25) is 0 Å². The Kier molecular flexibility index (Phi) is 4.97. The van der Waals surface area contributed by atoms with Gasteiger partial charge in [-0.1, -0.05) is 91.0 Å². The van der Waals surface area contributed by atoms with Gasteiger partial charge in [-0.05, 0) is 31.2 Å². The second-order valence-electron chi connectivity index (χ2n) is 8.12. The van der Waals surface area contributed by atoms with Crippen LogP contribution in [0.1, 0.15) is 19.8 Å². The highest BCUT2D eigenvalue weighted by atomic mass is 31.2. The monoisotopic (exact) mass is 411 g/mol. The van der Waals surface area contributed by atoms with Crippen molar-refractivity contribution in [2.45, 2.75) is 25.8 Å². The number of nitrogens with zero attached hydrogens (tertiary/aromatic N) is 1. The minimum Gasteiger partial charge on any atom is -0.368 e. The number of hydrogen-bond acceptors (Lipinski definition) is 2. The summed E-state index contributed by atoms with van der Waals surface area (Å²) in [6, 6.07) is 33.2. The van der Waals surface area contributed by atoms with Gasteiger partial charge in [0.15, 0.2) is 7.14 Å². The van der Waals surface area contributed by atoms with E-state index in [1.807, 2.05) is 60.7 Å². The van der Waals surface area contributed by atoms with Crippen molar-refractivity contribution in [1.82, 2.24) is 0 Å². The molecule has 1 aliphatic heterocycles. The average molecular weight is 411 g/mol. The molecule has 150 valence electrons. The molecular formula is C27H26NOP. The molecule has 1 unspecified atom stereocenters. The van der Waals surface area contributed by atoms with Gasteiger partial charge in [-0.25, -0.2) is 0 Å². The topological polar surface area (TPSA) is 20.3 Å². The quantitative estimate of drug-likeness (QED) is 0.415. The molecule has 3 heteroatoms. The first kappa shape index (κ1) is 19.2. The van der Waals surface area contributed by atoms with Crippen molar-refractivity contribution < 1.29 is 4.57 Å². The molecule has 0 aliphatic carbocycles. The van der Waals surface area contributed by atoms with E-state index in [0.717, 1.165) is 28.1 Å². The predicted molar refractivity (Wildman–Crippen MR) is 129 cm³/mol. The Balaban J connectivity index is 1.87. The van der Waals surface area contributed by atoms with Crippen molar-refractivity contribution in [1.29, 1.82) is 0 Å². The van der Waals surface area contributed by atoms with Crippen LogP contribution in [0, 0.1) is 0 Å². The van der Waals surface area contributed by atoms with Crippen molar-refractivity contribution in [2.24, 2.45) is 0 Å². The highest BCUT2D eigenvalue weighted by molar-refractivity contribution is 7.85. The molecule has 0 N–H and O–H groups in total. The number of hydrogen-bond donors (Lipinski definition) is 0. The zero-order valence-corrected chi connectivity index (χ0v) is 18.1. The Morgan fingerprint density at radius 3 is 1.97 bits per heavy atom. The van der Waals surface area contributed by atoms with Crippen LogP contribution in [0.5, 0.6) is 0 Å². The Morgan fingerprint density at radius 1 is 0.767 bits per heavy atom. The molecular weight excluding hydrogens is 385 g/mol. The van der Waals surface area contributed by atoms with Gasteiger partial charge in [-0.15, -0.1) is 0 Å². The summed E-state index contributed by atoms with van der Waals surface area (Å²) in [6.07, 6.45) is 2.34. The maximum Gasteiger partial charge on any atom is 0.173 e. The lowest BCUT2D eigenvalue weighted by Crippen LogP contribution is -2.34. The van der Waals surface area contributed by atoms with E-state index in [1.165, 1.54) is 23.6 Å². The minimum absolute atomic E-state index is 0.439. The third-order valence-corrected chi connectivity index (χ3v) is 9.39. The lowest BCUT2D eigenvalue weighted by molar-refractivity contribution is 0.592. The van der Waals surface area contributed by atoms with Crippen LogP contribution >= 0.6 is 7.14 Å². The Hall–Kier alpha value is -2.83. The fraction of sp³-hybridized carbons (Fsp3) is 0.185. The number of fused-ring (bicyclic) bond motifs is 1. The van der Waals surface area contributed by atoms with Crippen LogP contribution in [0.3, 0.4) is 0 Å². The zero-order chi connectivity index (χ0) is 20.6. The van der Waals surface area contributed by atoms with Gasteiger partial charge in [-0.2, -0.15) is 0 Å². The van der Waals surface area contributed by atoms with E-state index in [4.69, 9.17) is 0 Å². The molecule has 5 rings (SSSR count). The fourth-order valence-corrected chi connectivity index (χ4v) is 7.64. The predicted octanol–water partition coefficient (Wildman–Crippen LogP) is 5.47. The maximum absolute atomic E-state index is 15.1. The maximum atomic E-state index is 15.1. The van der Waals surface area contributed by atoms with E-state index in [-0.39, 0.29) is 0 Å². The van der Waals surface area contributed by atoms with Crippen molar-refractivity contribution in [3.05, 3.63) is 97.1 Å². The minimum atomic E-state index is -3.04. The first-order valence-corrected chi connectivity index (χ1v) is 12.4. The Bertz CT molecular complexity index is 1180. The summed E-state index contributed by atoms with van der Waals surface area (Å²) in [6.45, 7) is 3.29. The Labute approximate surface area is 178 Å². The first-order chi connectivity index (χ1) is 14.7. The van der Waals surface area contributed by atoms with Gasteiger partial charge in [0.1, 0.15) is 0 Å². The summed E-state index contributed by atoms with van der Waals surface area (Å²) >= 11 is 0. The summed E-state index contributed by atoms with van der Waals surface area (Å²) in [7, 11) is -3.04. The number of rotatable bonds is 4. The van der Waals surface area contributed by atoms with Gasteiger partial charge in [0, 0.05) is 33.9 Å². The first-order valence-electron chi connectivity index (χ1n) is 10.7. The van der Waals surface area contributed by atoms with Gasteiger partial charge in [0.05, 0.1) is 5.69 Å².